The molecular formula is C23H27ClN2O2. The van der Waals surface area contributed by atoms with E-state index in [-0.39, 0.29) is 0 Å². The average molecular weight is 399 g/mol. The van der Waals surface area contributed by atoms with Gasteiger partial charge in [0.2, 0.25) is 0 Å². The number of nitrogens with zero attached hydrogens (tertiary/aromatic N) is 2. The fourth-order valence-electron chi connectivity index (χ4n) is 3.70. The smallest absolute Gasteiger partial charge is 0.328 e. The van der Waals surface area contributed by atoms with E-state index < -0.39 is 5.97 Å². The highest BCUT2D eigenvalue weighted by Crippen LogP contribution is 2.37. The monoisotopic (exact) mass is 398 g/mol. The molecule has 0 unspecified atom stereocenters. The summed E-state index contributed by atoms with van der Waals surface area (Å²) in [5, 5.41) is 9.44. The number of fused-ring (bicyclic) bond motifs is 2. The van der Waals surface area contributed by atoms with E-state index in [2.05, 4.69) is 46.2 Å². The lowest BCUT2D eigenvalue weighted by atomic mass is 10.0. The van der Waals surface area contributed by atoms with Crippen LogP contribution in [-0.4, -0.2) is 42.7 Å². The summed E-state index contributed by atoms with van der Waals surface area (Å²) in [6, 6.07) is 14.9. The molecule has 1 aliphatic rings. The van der Waals surface area contributed by atoms with Crippen molar-refractivity contribution in [1.29, 1.82) is 0 Å². The third-order valence-corrected chi connectivity index (χ3v) is 5.37. The number of aliphatic carboxylic acids is 1. The molecule has 0 spiro atoms. The maximum atomic E-state index is 10.5. The minimum absolute atomic E-state index is 0.650. The van der Waals surface area contributed by atoms with Crippen molar-refractivity contribution in [3.05, 3.63) is 70.8 Å². The van der Waals surface area contributed by atoms with E-state index in [0.717, 1.165) is 43.8 Å². The minimum Gasteiger partial charge on any atom is -0.478 e. The number of unbranched alkanes of at least 4 members (excludes halogenated alkanes) is 1. The summed E-state index contributed by atoms with van der Waals surface area (Å²) >= 11 is 6.31. The molecule has 1 N–H and O–H groups in total. The Morgan fingerprint density at radius 3 is 2.68 bits per heavy atom. The first-order chi connectivity index (χ1) is 13.5. The van der Waals surface area contributed by atoms with E-state index in [1.807, 2.05) is 13.1 Å². The van der Waals surface area contributed by atoms with Crippen molar-refractivity contribution >= 4 is 28.9 Å². The average Bonchev–Trinajstić information content (AvgIpc) is 2.82. The summed E-state index contributed by atoms with van der Waals surface area (Å²) in [5.41, 5.74) is 5.22. The van der Waals surface area contributed by atoms with Crippen LogP contribution in [0.5, 0.6) is 0 Å². The quantitative estimate of drug-likeness (QED) is 0.505. The molecule has 148 valence electrons. The van der Waals surface area contributed by atoms with Gasteiger partial charge in [0, 0.05) is 35.6 Å². The number of carboxylic acid groups (broad SMARTS) is 1. The Balaban J connectivity index is 1.66. The molecule has 3 rings (SSSR count). The van der Waals surface area contributed by atoms with Crippen molar-refractivity contribution in [2.75, 3.05) is 31.6 Å². The van der Waals surface area contributed by atoms with Gasteiger partial charge in [-0.05, 0) is 68.6 Å². The van der Waals surface area contributed by atoms with E-state index in [1.165, 1.54) is 28.6 Å². The van der Waals surface area contributed by atoms with Crippen molar-refractivity contribution in [3.8, 4) is 0 Å². The van der Waals surface area contributed by atoms with E-state index in [1.54, 1.807) is 6.08 Å². The number of hydrogen-bond acceptors (Lipinski definition) is 3. The molecule has 0 atom stereocenters. The molecule has 0 saturated heterocycles. The molecule has 1 aliphatic heterocycles. The molecule has 0 amide bonds. The topological polar surface area (TPSA) is 43.8 Å². The van der Waals surface area contributed by atoms with E-state index in [0.29, 0.717) is 6.54 Å². The summed E-state index contributed by atoms with van der Waals surface area (Å²) in [4.78, 5) is 15.1. The predicted octanol–water partition coefficient (Wildman–Crippen LogP) is 4.93. The van der Waals surface area contributed by atoms with Crippen LogP contribution in [0.1, 0.15) is 24.0 Å². The summed E-state index contributed by atoms with van der Waals surface area (Å²) in [5.74, 6) is -0.898. The molecule has 0 aromatic heterocycles. The number of halogens is 1. The second kappa shape index (κ2) is 9.76. The number of hydrogen-bond donors (Lipinski definition) is 1. The van der Waals surface area contributed by atoms with Crippen LogP contribution in [0.25, 0.3) is 0 Å². The Hall–Kier alpha value is -2.30. The predicted molar refractivity (Wildman–Crippen MR) is 116 cm³/mol. The second-order valence-electron chi connectivity index (χ2n) is 7.26. The molecule has 2 aromatic rings. The van der Waals surface area contributed by atoms with Gasteiger partial charge in [0.25, 0.3) is 0 Å². The van der Waals surface area contributed by atoms with Crippen LogP contribution in [0.2, 0.25) is 5.02 Å². The number of anilines is 2. The van der Waals surface area contributed by atoms with E-state index in [4.69, 9.17) is 16.7 Å². The molecule has 0 radical (unpaired) electrons. The van der Waals surface area contributed by atoms with Crippen LogP contribution in [0, 0.1) is 0 Å². The maximum absolute atomic E-state index is 10.5. The highest BCUT2D eigenvalue weighted by molar-refractivity contribution is 6.30. The van der Waals surface area contributed by atoms with Crippen LogP contribution < -0.4 is 4.90 Å². The summed E-state index contributed by atoms with van der Waals surface area (Å²) < 4.78 is 0. The Kier molecular flexibility index (Phi) is 7.12. The summed E-state index contributed by atoms with van der Waals surface area (Å²) in [6.07, 6.45) is 7.05. The van der Waals surface area contributed by atoms with Crippen molar-refractivity contribution in [2.45, 2.75) is 25.7 Å². The fourth-order valence-corrected chi connectivity index (χ4v) is 3.87. The van der Waals surface area contributed by atoms with Crippen LogP contribution in [0.15, 0.2) is 54.6 Å². The highest BCUT2D eigenvalue weighted by atomic mass is 35.5. The molecule has 0 bridgehead atoms. The van der Waals surface area contributed by atoms with Gasteiger partial charge in [-0.15, -0.1) is 0 Å². The van der Waals surface area contributed by atoms with E-state index >= 15 is 0 Å². The van der Waals surface area contributed by atoms with Gasteiger partial charge in [-0.3, -0.25) is 0 Å². The first-order valence-electron chi connectivity index (χ1n) is 9.76. The Bertz CT molecular complexity index is 850. The van der Waals surface area contributed by atoms with Crippen molar-refractivity contribution < 1.29 is 9.90 Å². The van der Waals surface area contributed by atoms with Gasteiger partial charge in [0.15, 0.2) is 0 Å². The zero-order valence-corrected chi connectivity index (χ0v) is 17.0. The maximum Gasteiger partial charge on any atom is 0.328 e. The van der Waals surface area contributed by atoms with Gasteiger partial charge < -0.3 is 14.9 Å². The molecule has 1 heterocycles. The Morgan fingerprint density at radius 1 is 1.14 bits per heavy atom. The third kappa shape index (κ3) is 5.37. The third-order valence-electron chi connectivity index (χ3n) is 5.13. The van der Waals surface area contributed by atoms with Gasteiger partial charge >= 0.3 is 5.97 Å². The van der Waals surface area contributed by atoms with Crippen molar-refractivity contribution in [3.63, 3.8) is 0 Å². The van der Waals surface area contributed by atoms with Gasteiger partial charge in [0.1, 0.15) is 0 Å². The minimum atomic E-state index is -0.898. The molecule has 5 heteroatoms. The normalized spacial score (nSPS) is 13.5. The first kappa shape index (κ1) is 20.4. The SMILES string of the molecule is CN(C/C=C/C(=O)O)CCCCN1c2ccccc2CCc2ccc(Cl)cc21. The molecular weight excluding hydrogens is 372 g/mol. The van der Waals surface area contributed by atoms with Crippen LogP contribution in [0.4, 0.5) is 11.4 Å². The van der Waals surface area contributed by atoms with Gasteiger partial charge in [-0.2, -0.15) is 0 Å². The molecule has 0 fully saturated rings. The molecule has 28 heavy (non-hydrogen) atoms. The lowest BCUT2D eigenvalue weighted by Gasteiger charge is -2.27. The van der Waals surface area contributed by atoms with Gasteiger partial charge in [-0.1, -0.05) is 41.9 Å². The molecule has 0 aliphatic carbocycles. The molecule has 4 nitrogen and oxygen atoms in total. The zero-order chi connectivity index (χ0) is 19.9. The number of carbonyl (C=O) groups is 1. The zero-order valence-electron chi connectivity index (χ0n) is 16.3. The van der Waals surface area contributed by atoms with E-state index in [9.17, 15) is 4.79 Å². The Morgan fingerprint density at radius 2 is 1.89 bits per heavy atom. The number of likely N-dealkylation sites (N-methyl/N-ethyl adjacent to an activating group) is 1. The largest absolute Gasteiger partial charge is 0.478 e. The number of para-hydroxylation sites is 1. The number of aryl methyl sites for hydroxylation is 2. The standard InChI is InChI=1S/C23H27ClN2O2/c1-25(15-6-9-23(27)28)14-4-5-16-26-21-8-3-2-7-18(21)10-11-19-12-13-20(24)17-22(19)26/h2-3,6-9,12-13,17H,4-5,10-11,14-16H2,1H3,(H,27,28)/b9-6+. The van der Waals surface area contributed by atoms with Crippen LogP contribution in [-0.2, 0) is 17.6 Å². The lowest BCUT2D eigenvalue weighted by molar-refractivity contribution is -0.131. The highest BCUT2D eigenvalue weighted by Gasteiger charge is 2.20. The summed E-state index contributed by atoms with van der Waals surface area (Å²) in [6.45, 7) is 2.52. The van der Waals surface area contributed by atoms with Crippen molar-refractivity contribution in [1.82, 2.24) is 4.90 Å². The molecule has 0 saturated carbocycles. The number of carboxylic acids is 1. The number of benzene rings is 2. The Labute approximate surface area is 172 Å². The number of rotatable bonds is 8. The second-order valence-corrected chi connectivity index (χ2v) is 7.70. The summed E-state index contributed by atoms with van der Waals surface area (Å²) in [7, 11) is 2.02. The van der Waals surface area contributed by atoms with Crippen LogP contribution in [0.3, 0.4) is 0 Å². The van der Waals surface area contributed by atoms with Crippen molar-refractivity contribution in [2.24, 2.45) is 0 Å². The van der Waals surface area contributed by atoms with Crippen LogP contribution >= 0.6 is 11.6 Å². The first-order valence-corrected chi connectivity index (χ1v) is 10.1. The lowest BCUT2D eigenvalue weighted by Crippen LogP contribution is -2.23. The molecule has 2 aromatic carbocycles. The fraction of sp³-hybridized carbons (Fsp3) is 0.348. The van der Waals surface area contributed by atoms with Gasteiger partial charge in [0.05, 0.1) is 0 Å². The van der Waals surface area contributed by atoms with Gasteiger partial charge in [-0.25, -0.2) is 4.79 Å².